The molecule has 6 nitrogen and oxygen atoms in total. The van der Waals surface area contributed by atoms with Gasteiger partial charge >= 0.3 is 5.97 Å². The molecular formula is C11H11N3O3. The number of aromatic carboxylic acids is 1. The summed E-state index contributed by atoms with van der Waals surface area (Å²) in [6, 6.07) is 3.98. The van der Waals surface area contributed by atoms with Gasteiger partial charge in [-0.2, -0.15) is 0 Å². The first-order valence-corrected chi connectivity index (χ1v) is 5.00. The molecule has 6 heteroatoms. The van der Waals surface area contributed by atoms with E-state index >= 15 is 0 Å². The number of carboxylic acid groups (broad SMARTS) is 1. The molecule has 0 fully saturated rings. The maximum Gasteiger partial charge on any atom is 0.335 e. The van der Waals surface area contributed by atoms with Gasteiger partial charge in [-0.1, -0.05) is 0 Å². The summed E-state index contributed by atoms with van der Waals surface area (Å²) in [6.07, 6.45) is 1.48. The van der Waals surface area contributed by atoms with E-state index in [1.165, 1.54) is 18.5 Å². The van der Waals surface area contributed by atoms with Gasteiger partial charge in [0.25, 0.3) is 0 Å². The molecule has 2 rings (SSSR count). The van der Waals surface area contributed by atoms with Crippen LogP contribution in [0.5, 0.6) is 0 Å². The number of carbonyl (C=O) groups is 2. The van der Waals surface area contributed by atoms with Crippen LogP contribution in [0.3, 0.4) is 0 Å². The zero-order valence-corrected chi connectivity index (χ0v) is 9.12. The minimum absolute atomic E-state index is 0.149. The molecule has 0 aliphatic heterocycles. The number of primary amides is 1. The number of benzene rings is 1. The number of imidazole rings is 1. The van der Waals surface area contributed by atoms with Gasteiger partial charge in [0.15, 0.2) is 0 Å². The van der Waals surface area contributed by atoms with E-state index in [4.69, 9.17) is 10.8 Å². The monoisotopic (exact) mass is 233 g/mol. The predicted molar refractivity (Wildman–Crippen MR) is 60.6 cm³/mol. The molecule has 1 aromatic carbocycles. The maximum atomic E-state index is 11.1. The Morgan fingerprint density at radius 1 is 1.47 bits per heavy atom. The lowest BCUT2D eigenvalue weighted by Crippen LogP contribution is -2.23. The summed E-state index contributed by atoms with van der Waals surface area (Å²) in [5.41, 5.74) is 6.57. The molecule has 0 aliphatic rings. The Balaban J connectivity index is 2.61. The van der Waals surface area contributed by atoms with Crippen molar-refractivity contribution >= 4 is 22.9 Å². The number of fused-ring (bicyclic) bond motifs is 1. The number of hydrogen-bond donors (Lipinski definition) is 2. The van der Waals surface area contributed by atoms with E-state index in [-0.39, 0.29) is 5.56 Å². The smallest absolute Gasteiger partial charge is 0.335 e. The van der Waals surface area contributed by atoms with Crippen molar-refractivity contribution in [3.63, 3.8) is 0 Å². The zero-order valence-electron chi connectivity index (χ0n) is 9.12. The Labute approximate surface area is 96.7 Å². The molecule has 0 bridgehead atoms. The van der Waals surface area contributed by atoms with E-state index in [0.29, 0.717) is 11.0 Å². The predicted octanol–water partition coefficient (Wildman–Crippen LogP) is 0.781. The third-order valence-corrected chi connectivity index (χ3v) is 2.65. The van der Waals surface area contributed by atoms with Gasteiger partial charge in [0.2, 0.25) is 5.91 Å². The molecule has 1 heterocycles. The number of carboxylic acids is 1. The molecule has 0 radical (unpaired) electrons. The van der Waals surface area contributed by atoms with Crippen LogP contribution in [0.25, 0.3) is 11.0 Å². The second-order valence-electron chi connectivity index (χ2n) is 3.74. The highest BCUT2D eigenvalue weighted by atomic mass is 16.4. The molecule has 1 atom stereocenters. The quantitative estimate of drug-likeness (QED) is 0.818. The number of rotatable bonds is 3. The van der Waals surface area contributed by atoms with Crippen molar-refractivity contribution in [1.29, 1.82) is 0 Å². The standard InChI is InChI=1S/C11H11N3O3/c1-6(10(12)15)14-5-13-8-3-2-7(11(16)17)4-9(8)14/h2-6H,1H3,(H2,12,15)(H,16,17). The summed E-state index contributed by atoms with van der Waals surface area (Å²) in [6.45, 7) is 1.64. The summed E-state index contributed by atoms with van der Waals surface area (Å²) >= 11 is 0. The normalized spacial score (nSPS) is 12.5. The highest BCUT2D eigenvalue weighted by molar-refractivity contribution is 5.93. The van der Waals surface area contributed by atoms with Gasteiger partial charge in [0.1, 0.15) is 6.04 Å². The molecule has 0 spiro atoms. The van der Waals surface area contributed by atoms with Crippen molar-refractivity contribution in [1.82, 2.24) is 9.55 Å². The van der Waals surface area contributed by atoms with Crippen LogP contribution in [0.15, 0.2) is 24.5 Å². The lowest BCUT2D eigenvalue weighted by atomic mass is 10.2. The summed E-state index contributed by atoms with van der Waals surface area (Å²) in [7, 11) is 0. The number of amides is 1. The SMILES string of the molecule is CC(C(N)=O)n1cnc2ccc(C(=O)O)cc21. The first-order valence-electron chi connectivity index (χ1n) is 5.00. The lowest BCUT2D eigenvalue weighted by molar-refractivity contribution is -0.120. The van der Waals surface area contributed by atoms with E-state index in [2.05, 4.69) is 4.98 Å². The zero-order chi connectivity index (χ0) is 12.6. The molecule has 17 heavy (non-hydrogen) atoms. The Morgan fingerprint density at radius 3 is 2.76 bits per heavy atom. The molecule has 2 aromatic rings. The molecule has 0 aliphatic carbocycles. The molecular weight excluding hydrogens is 222 g/mol. The number of nitrogens with zero attached hydrogens (tertiary/aromatic N) is 2. The van der Waals surface area contributed by atoms with Crippen LogP contribution in [0, 0.1) is 0 Å². The third kappa shape index (κ3) is 1.84. The van der Waals surface area contributed by atoms with Crippen LogP contribution in [0.4, 0.5) is 0 Å². The second kappa shape index (κ2) is 3.89. The average molecular weight is 233 g/mol. The Hall–Kier alpha value is -2.37. The van der Waals surface area contributed by atoms with E-state index in [0.717, 1.165) is 0 Å². The van der Waals surface area contributed by atoms with Crippen LogP contribution in [-0.2, 0) is 4.79 Å². The number of hydrogen-bond acceptors (Lipinski definition) is 3. The minimum atomic E-state index is -1.02. The van der Waals surface area contributed by atoms with Gasteiger partial charge < -0.3 is 15.4 Å². The molecule has 1 unspecified atom stereocenters. The van der Waals surface area contributed by atoms with Crippen molar-refractivity contribution in [2.45, 2.75) is 13.0 Å². The maximum absolute atomic E-state index is 11.1. The summed E-state index contributed by atoms with van der Waals surface area (Å²) in [5, 5.41) is 8.90. The van der Waals surface area contributed by atoms with Gasteiger partial charge in [-0.05, 0) is 25.1 Å². The molecule has 88 valence electrons. The number of nitrogens with two attached hydrogens (primary N) is 1. The first kappa shape index (κ1) is 11.1. The fraction of sp³-hybridized carbons (Fsp3) is 0.182. The minimum Gasteiger partial charge on any atom is -0.478 e. The lowest BCUT2D eigenvalue weighted by Gasteiger charge is -2.10. The van der Waals surface area contributed by atoms with Crippen molar-refractivity contribution < 1.29 is 14.7 Å². The van der Waals surface area contributed by atoms with Gasteiger partial charge in [-0.15, -0.1) is 0 Å². The average Bonchev–Trinajstić information content (AvgIpc) is 2.70. The molecule has 1 amide bonds. The molecule has 1 aromatic heterocycles. The number of aromatic nitrogens is 2. The van der Waals surface area contributed by atoms with Crippen molar-refractivity contribution in [3.05, 3.63) is 30.1 Å². The van der Waals surface area contributed by atoms with Crippen LogP contribution >= 0.6 is 0 Å². The molecule has 3 N–H and O–H groups in total. The number of carbonyl (C=O) groups excluding carboxylic acids is 1. The Morgan fingerprint density at radius 2 is 2.18 bits per heavy atom. The highest BCUT2D eigenvalue weighted by Gasteiger charge is 2.15. The molecule has 0 saturated heterocycles. The van der Waals surface area contributed by atoms with Gasteiger partial charge in [-0.3, -0.25) is 4.79 Å². The summed E-state index contributed by atoms with van der Waals surface area (Å²) in [4.78, 5) is 26.1. The fourth-order valence-corrected chi connectivity index (χ4v) is 1.60. The van der Waals surface area contributed by atoms with Gasteiger partial charge in [0, 0.05) is 0 Å². The molecule has 0 saturated carbocycles. The van der Waals surface area contributed by atoms with Crippen molar-refractivity contribution in [2.24, 2.45) is 5.73 Å². The van der Waals surface area contributed by atoms with Gasteiger partial charge in [0.05, 0.1) is 22.9 Å². The van der Waals surface area contributed by atoms with E-state index in [1.54, 1.807) is 17.6 Å². The Bertz CT molecular complexity index is 603. The van der Waals surface area contributed by atoms with E-state index in [1.807, 2.05) is 0 Å². The third-order valence-electron chi connectivity index (χ3n) is 2.65. The largest absolute Gasteiger partial charge is 0.478 e. The second-order valence-corrected chi connectivity index (χ2v) is 3.74. The van der Waals surface area contributed by atoms with Crippen LogP contribution in [0.1, 0.15) is 23.3 Å². The fourth-order valence-electron chi connectivity index (χ4n) is 1.60. The van der Waals surface area contributed by atoms with Crippen LogP contribution < -0.4 is 5.73 Å². The topological polar surface area (TPSA) is 98.2 Å². The van der Waals surface area contributed by atoms with Crippen molar-refractivity contribution in [3.8, 4) is 0 Å². The van der Waals surface area contributed by atoms with Crippen molar-refractivity contribution in [2.75, 3.05) is 0 Å². The van der Waals surface area contributed by atoms with E-state index in [9.17, 15) is 9.59 Å². The summed E-state index contributed by atoms with van der Waals surface area (Å²) < 4.78 is 1.56. The Kier molecular flexibility index (Phi) is 2.55. The summed E-state index contributed by atoms with van der Waals surface area (Å²) in [5.74, 6) is -1.52. The van der Waals surface area contributed by atoms with Crippen LogP contribution in [-0.4, -0.2) is 26.5 Å². The first-order chi connectivity index (χ1) is 8.00. The van der Waals surface area contributed by atoms with E-state index < -0.39 is 17.9 Å². The highest BCUT2D eigenvalue weighted by Crippen LogP contribution is 2.19. The van der Waals surface area contributed by atoms with Crippen LogP contribution in [0.2, 0.25) is 0 Å². The van der Waals surface area contributed by atoms with Gasteiger partial charge in [-0.25, -0.2) is 9.78 Å².